The van der Waals surface area contributed by atoms with Gasteiger partial charge >= 0.3 is 5.97 Å². The number of ether oxygens (including phenoxy) is 2. The van der Waals surface area contributed by atoms with Crippen molar-refractivity contribution in [3.05, 3.63) is 12.3 Å². The number of allylic oxidation sites excluding steroid dienone is 1. The van der Waals surface area contributed by atoms with E-state index >= 15 is 0 Å². The van der Waals surface area contributed by atoms with Crippen LogP contribution in [0, 0.1) is 0 Å². The molecule has 1 heterocycles. The Kier molecular flexibility index (Phi) is 2.74. The summed E-state index contributed by atoms with van der Waals surface area (Å²) in [7, 11) is 0. The minimum atomic E-state index is -0.751. The molecule has 1 atom stereocenters. The molecule has 0 N–H and O–H groups in total. The first-order chi connectivity index (χ1) is 5.62. The Hall–Kier alpha value is -0.990. The summed E-state index contributed by atoms with van der Waals surface area (Å²) in [5.74, 6) is -1.05. The van der Waals surface area contributed by atoms with Crippen LogP contribution in [0.4, 0.5) is 0 Å². The van der Waals surface area contributed by atoms with E-state index in [4.69, 9.17) is 9.47 Å². The minimum Gasteiger partial charge on any atom is -0.460 e. The van der Waals surface area contributed by atoms with E-state index in [9.17, 15) is 4.79 Å². The van der Waals surface area contributed by atoms with E-state index in [1.165, 1.54) is 6.92 Å². The standard InChI is InChI=1S/C9H14O3/c1-8(10)12-9(2)6-4-3-5-7-11-9/h5,7H,3-4,6H2,1-2H3. The number of carbonyl (C=O) groups is 1. The predicted molar refractivity (Wildman–Crippen MR) is 44.2 cm³/mol. The lowest BCUT2D eigenvalue weighted by Gasteiger charge is -2.26. The van der Waals surface area contributed by atoms with Gasteiger partial charge in [0.1, 0.15) is 0 Å². The summed E-state index contributed by atoms with van der Waals surface area (Å²) >= 11 is 0. The first-order valence-electron chi connectivity index (χ1n) is 4.15. The maximum atomic E-state index is 10.7. The normalized spacial score (nSPS) is 28.8. The van der Waals surface area contributed by atoms with Crippen molar-refractivity contribution < 1.29 is 14.3 Å². The largest absolute Gasteiger partial charge is 0.460 e. The Morgan fingerprint density at radius 3 is 3.08 bits per heavy atom. The van der Waals surface area contributed by atoms with Gasteiger partial charge in [-0.1, -0.05) is 0 Å². The molecule has 1 aliphatic rings. The van der Waals surface area contributed by atoms with E-state index < -0.39 is 5.79 Å². The molecular formula is C9H14O3. The molecule has 0 aromatic rings. The van der Waals surface area contributed by atoms with Gasteiger partial charge in [-0.25, -0.2) is 0 Å². The average Bonchev–Trinajstić information content (AvgIpc) is 2.12. The van der Waals surface area contributed by atoms with Crippen molar-refractivity contribution in [1.29, 1.82) is 0 Å². The number of rotatable bonds is 1. The molecule has 0 fully saturated rings. The Labute approximate surface area is 72.4 Å². The summed E-state index contributed by atoms with van der Waals surface area (Å²) in [6.45, 7) is 3.17. The summed E-state index contributed by atoms with van der Waals surface area (Å²) in [6, 6.07) is 0. The predicted octanol–water partition coefficient (Wildman–Crippen LogP) is 1.98. The minimum absolute atomic E-state index is 0.298. The maximum Gasteiger partial charge on any atom is 0.305 e. The van der Waals surface area contributed by atoms with Gasteiger partial charge in [0.15, 0.2) is 0 Å². The number of esters is 1. The van der Waals surface area contributed by atoms with Crippen molar-refractivity contribution in [2.75, 3.05) is 0 Å². The lowest BCUT2D eigenvalue weighted by atomic mass is 10.1. The molecular weight excluding hydrogens is 156 g/mol. The fourth-order valence-electron chi connectivity index (χ4n) is 1.24. The lowest BCUT2D eigenvalue weighted by molar-refractivity contribution is -0.203. The first kappa shape index (κ1) is 9.10. The van der Waals surface area contributed by atoms with Crippen molar-refractivity contribution in [1.82, 2.24) is 0 Å². The van der Waals surface area contributed by atoms with Crippen LogP contribution in [0.25, 0.3) is 0 Å². The van der Waals surface area contributed by atoms with Crippen LogP contribution in [0.15, 0.2) is 12.3 Å². The molecule has 0 radical (unpaired) electrons. The molecule has 0 aromatic heterocycles. The molecule has 1 unspecified atom stereocenters. The molecule has 68 valence electrons. The van der Waals surface area contributed by atoms with E-state index in [0.717, 1.165) is 19.3 Å². The molecule has 0 aliphatic carbocycles. The van der Waals surface area contributed by atoms with E-state index in [1.54, 1.807) is 13.2 Å². The number of hydrogen-bond donors (Lipinski definition) is 0. The van der Waals surface area contributed by atoms with Gasteiger partial charge in [-0.2, -0.15) is 0 Å². The molecule has 12 heavy (non-hydrogen) atoms. The van der Waals surface area contributed by atoms with Crippen LogP contribution in [0.5, 0.6) is 0 Å². The van der Waals surface area contributed by atoms with Gasteiger partial charge in [0.05, 0.1) is 6.26 Å². The number of carbonyl (C=O) groups excluding carboxylic acids is 1. The summed E-state index contributed by atoms with van der Waals surface area (Å²) in [5, 5.41) is 0. The van der Waals surface area contributed by atoms with Crippen molar-refractivity contribution in [2.45, 2.75) is 38.9 Å². The molecule has 0 amide bonds. The van der Waals surface area contributed by atoms with Gasteiger partial charge in [0.2, 0.25) is 0 Å². The highest BCUT2D eigenvalue weighted by atomic mass is 16.7. The summed E-state index contributed by atoms with van der Waals surface area (Å²) in [6.07, 6.45) is 6.27. The van der Waals surface area contributed by atoms with Gasteiger partial charge in [-0.15, -0.1) is 0 Å². The van der Waals surface area contributed by atoms with Gasteiger partial charge in [-0.3, -0.25) is 4.79 Å². The molecule has 3 heteroatoms. The number of hydrogen-bond acceptors (Lipinski definition) is 3. The van der Waals surface area contributed by atoms with Gasteiger partial charge in [0, 0.05) is 20.3 Å². The van der Waals surface area contributed by atoms with Crippen LogP contribution in [-0.2, 0) is 14.3 Å². The molecule has 0 bridgehead atoms. The highest BCUT2D eigenvalue weighted by Crippen LogP contribution is 2.23. The lowest BCUT2D eigenvalue weighted by Crippen LogP contribution is -2.31. The Morgan fingerprint density at radius 2 is 2.42 bits per heavy atom. The van der Waals surface area contributed by atoms with Gasteiger partial charge < -0.3 is 9.47 Å². The van der Waals surface area contributed by atoms with Crippen LogP contribution in [0.3, 0.4) is 0 Å². The van der Waals surface area contributed by atoms with Crippen LogP contribution < -0.4 is 0 Å². The summed E-state index contributed by atoms with van der Waals surface area (Å²) in [4.78, 5) is 10.7. The Balaban J connectivity index is 2.55. The quantitative estimate of drug-likeness (QED) is 0.564. The maximum absolute atomic E-state index is 10.7. The zero-order chi connectivity index (χ0) is 9.03. The zero-order valence-electron chi connectivity index (χ0n) is 7.50. The average molecular weight is 170 g/mol. The summed E-state index contributed by atoms with van der Waals surface area (Å²) in [5.41, 5.74) is 0. The van der Waals surface area contributed by atoms with Crippen molar-refractivity contribution in [3.8, 4) is 0 Å². The molecule has 0 saturated heterocycles. The second kappa shape index (κ2) is 3.61. The second-order valence-corrected chi connectivity index (χ2v) is 3.11. The Morgan fingerprint density at radius 1 is 1.67 bits per heavy atom. The fourth-order valence-corrected chi connectivity index (χ4v) is 1.24. The van der Waals surface area contributed by atoms with Gasteiger partial charge in [-0.05, 0) is 18.9 Å². The molecule has 1 aliphatic heterocycles. The van der Waals surface area contributed by atoms with E-state index in [2.05, 4.69) is 0 Å². The SMILES string of the molecule is CC(=O)OC1(C)CCCC=CO1. The third-order valence-electron chi connectivity index (χ3n) is 1.77. The topological polar surface area (TPSA) is 35.5 Å². The van der Waals surface area contributed by atoms with Crippen molar-refractivity contribution >= 4 is 5.97 Å². The van der Waals surface area contributed by atoms with Crippen LogP contribution in [-0.4, -0.2) is 11.8 Å². The molecule has 0 saturated carbocycles. The molecule has 3 nitrogen and oxygen atoms in total. The monoisotopic (exact) mass is 170 g/mol. The van der Waals surface area contributed by atoms with Crippen molar-refractivity contribution in [3.63, 3.8) is 0 Å². The molecule has 0 aromatic carbocycles. The smallest absolute Gasteiger partial charge is 0.305 e. The van der Waals surface area contributed by atoms with Crippen molar-refractivity contribution in [2.24, 2.45) is 0 Å². The van der Waals surface area contributed by atoms with Crippen LogP contribution in [0.1, 0.15) is 33.1 Å². The Bertz CT molecular complexity index is 198. The van der Waals surface area contributed by atoms with Crippen LogP contribution in [0.2, 0.25) is 0 Å². The first-order valence-corrected chi connectivity index (χ1v) is 4.15. The zero-order valence-corrected chi connectivity index (χ0v) is 7.50. The fraction of sp³-hybridized carbons (Fsp3) is 0.667. The summed E-state index contributed by atoms with van der Waals surface area (Å²) < 4.78 is 10.3. The molecule has 0 spiro atoms. The van der Waals surface area contributed by atoms with E-state index in [-0.39, 0.29) is 5.97 Å². The van der Waals surface area contributed by atoms with E-state index in [0.29, 0.717) is 0 Å². The second-order valence-electron chi connectivity index (χ2n) is 3.11. The molecule has 1 rings (SSSR count). The third kappa shape index (κ3) is 2.57. The highest BCUT2D eigenvalue weighted by Gasteiger charge is 2.28. The highest BCUT2D eigenvalue weighted by molar-refractivity contribution is 5.66. The third-order valence-corrected chi connectivity index (χ3v) is 1.77. The van der Waals surface area contributed by atoms with E-state index in [1.807, 2.05) is 6.08 Å². The van der Waals surface area contributed by atoms with Gasteiger partial charge in [0.25, 0.3) is 5.79 Å². The van der Waals surface area contributed by atoms with Crippen LogP contribution >= 0.6 is 0 Å².